The van der Waals surface area contributed by atoms with E-state index in [1.54, 1.807) is 33.0 Å². The maximum atomic E-state index is 11.8. The number of hydrogen-bond acceptors (Lipinski definition) is 5. The molecule has 0 radical (unpaired) electrons. The number of guanidine groups is 1. The van der Waals surface area contributed by atoms with Crippen molar-refractivity contribution in [3.05, 3.63) is 11.3 Å². The SMILES string of the molecule is CCc1nn(C)c(OC)c1CN=C(NCCOC)NCC(=O)N(C)C. The predicted molar refractivity (Wildman–Crippen MR) is 96.9 cm³/mol. The average Bonchev–Trinajstić information content (AvgIpc) is 2.91. The van der Waals surface area contributed by atoms with Crippen LogP contribution in [0.3, 0.4) is 0 Å². The molecule has 0 aliphatic rings. The van der Waals surface area contributed by atoms with Crippen molar-refractivity contribution in [1.82, 2.24) is 25.3 Å². The number of ether oxygens (including phenoxy) is 2. The van der Waals surface area contributed by atoms with E-state index in [9.17, 15) is 4.79 Å². The van der Waals surface area contributed by atoms with Gasteiger partial charge in [0.25, 0.3) is 0 Å². The summed E-state index contributed by atoms with van der Waals surface area (Å²) in [6, 6.07) is 0. The lowest BCUT2D eigenvalue weighted by Crippen LogP contribution is -2.43. The van der Waals surface area contributed by atoms with Gasteiger partial charge in [0.1, 0.15) is 0 Å². The Morgan fingerprint density at radius 2 is 2.04 bits per heavy atom. The zero-order valence-electron chi connectivity index (χ0n) is 16.0. The summed E-state index contributed by atoms with van der Waals surface area (Å²) in [5, 5.41) is 10.6. The molecule has 9 heteroatoms. The van der Waals surface area contributed by atoms with Crippen LogP contribution in [0.4, 0.5) is 0 Å². The Morgan fingerprint density at radius 3 is 2.60 bits per heavy atom. The van der Waals surface area contributed by atoms with Crippen LogP contribution >= 0.6 is 0 Å². The third-order valence-corrected chi connectivity index (χ3v) is 3.60. The maximum Gasteiger partial charge on any atom is 0.241 e. The highest BCUT2D eigenvalue weighted by Gasteiger charge is 2.15. The fourth-order valence-electron chi connectivity index (χ4n) is 2.23. The molecule has 0 atom stereocenters. The summed E-state index contributed by atoms with van der Waals surface area (Å²) < 4.78 is 12.2. The number of methoxy groups -OCH3 is 2. The Morgan fingerprint density at radius 1 is 1.32 bits per heavy atom. The lowest BCUT2D eigenvalue weighted by Gasteiger charge is -2.15. The molecule has 0 aliphatic carbocycles. The molecular formula is C16H30N6O3. The Balaban J connectivity index is 2.88. The molecule has 0 aromatic carbocycles. The van der Waals surface area contributed by atoms with Crippen molar-refractivity contribution in [3.8, 4) is 5.88 Å². The van der Waals surface area contributed by atoms with E-state index in [4.69, 9.17) is 9.47 Å². The van der Waals surface area contributed by atoms with E-state index < -0.39 is 0 Å². The first-order valence-electron chi connectivity index (χ1n) is 8.24. The third kappa shape index (κ3) is 6.26. The van der Waals surface area contributed by atoms with Crippen LogP contribution in [-0.2, 0) is 29.5 Å². The van der Waals surface area contributed by atoms with Crippen molar-refractivity contribution < 1.29 is 14.3 Å². The summed E-state index contributed by atoms with van der Waals surface area (Å²) in [6.45, 7) is 3.73. The van der Waals surface area contributed by atoms with E-state index in [1.165, 1.54) is 4.90 Å². The molecule has 0 spiro atoms. The smallest absolute Gasteiger partial charge is 0.241 e. The summed E-state index contributed by atoms with van der Waals surface area (Å²) in [4.78, 5) is 17.9. The molecule has 0 bridgehead atoms. The number of hydrogen-bond donors (Lipinski definition) is 2. The van der Waals surface area contributed by atoms with Gasteiger partial charge in [-0.05, 0) is 6.42 Å². The monoisotopic (exact) mass is 354 g/mol. The first-order chi connectivity index (χ1) is 11.9. The zero-order chi connectivity index (χ0) is 18.8. The van der Waals surface area contributed by atoms with Crippen LogP contribution in [0.1, 0.15) is 18.2 Å². The van der Waals surface area contributed by atoms with Gasteiger partial charge in [-0.3, -0.25) is 4.79 Å². The number of likely N-dealkylation sites (N-methyl/N-ethyl adjacent to an activating group) is 1. The van der Waals surface area contributed by atoms with Crippen LogP contribution in [0.15, 0.2) is 4.99 Å². The molecule has 1 heterocycles. The molecule has 1 rings (SSSR count). The average molecular weight is 354 g/mol. The molecule has 9 nitrogen and oxygen atoms in total. The molecule has 1 amide bonds. The van der Waals surface area contributed by atoms with E-state index in [1.807, 2.05) is 14.0 Å². The molecular weight excluding hydrogens is 324 g/mol. The van der Waals surface area contributed by atoms with Crippen LogP contribution in [-0.4, -0.2) is 74.6 Å². The lowest BCUT2D eigenvalue weighted by molar-refractivity contribution is -0.127. The second-order valence-corrected chi connectivity index (χ2v) is 5.64. The minimum absolute atomic E-state index is 0.0329. The lowest BCUT2D eigenvalue weighted by atomic mass is 10.2. The number of rotatable bonds is 9. The standard InChI is InChI=1S/C16H30N6O3/c1-7-13-12(15(25-6)22(4)20-13)10-18-16(17-8-9-24-5)19-11-14(23)21(2)3/h7-11H2,1-6H3,(H2,17,18,19). The topological polar surface area (TPSA) is 93.0 Å². The van der Waals surface area contributed by atoms with Crippen LogP contribution < -0.4 is 15.4 Å². The van der Waals surface area contributed by atoms with Crippen molar-refractivity contribution in [3.63, 3.8) is 0 Å². The van der Waals surface area contributed by atoms with Crippen molar-refractivity contribution in [2.45, 2.75) is 19.9 Å². The van der Waals surface area contributed by atoms with Crippen LogP contribution in [0.2, 0.25) is 0 Å². The minimum Gasteiger partial charge on any atom is -0.481 e. The summed E-state index contributed by atoms with van der Waals surface area (Å²) in [7, 11) is 8.53. The molecule has 0 saturated carbocycles. The molecule has 1 aromatic rings. The second kappa shape index (κ2) is 10.5. The van der Waals surface area contributed by atoms with E-state index in [-0.39, 0.29) is 12.5 Å². The van der Waals surface area contributed by atoms with Gasteiger partial charge in [-0.15, -0.1) is 0 Å². The van der Waals surface area contributed by atoms with E-state index in [2.05, 4.69) is 20.7 Å². The number of carbonyl (C=O) groups excluding carboxylic acids is 1. The molecule has 2 N–H and O–H groups in total. The minimum atomic E-state index is -0.0329. The third-order valence-electron chi connectivity index (χ3n) is 3.60. The molecule has 25 heavy (non-hydrogen) atoms. The van der Waals surface area contributed by atoms with Gasteiger partial charge < -0.3 is 25.0 Å². The fourth-order valence-corrected chi connectivity index (χ4v) is 2.23. The number of nitrogens with zero attached hydrogens (tertiary/aromatic N) is 4. The number of nitrogens with one attached hydrogen (secondary N) is 2. The quantitative estimate of drug-likeness (QED) is 0.361. The normalized spacial score (nSPS) is 11.4. The number of aromatic nitrogens is 2. The van der Waals surface area contributed by atoms with Crippen LogP contribution in [0.5, 0.6) is 5.88 Å². The second-order valence-electron chi connectivity index (χ2n) is 5.64. The van der Waals surface area contributed by atoms with E-state index >= 15 is 0 Å². The molecule has 0 saturated heterocycles. The molecule has 1 aromatic heterocycles. The Bertz CT molecular complexity index is 583. The largest absolute Gasteiger partial charge is 0.481 e. The van der Waals surface area contributed by atoms with Crippen molar-refractivity contribution in [1.29, 1.82) is 0 Å². The van der Waals surface area contributed by atoms with Crippen molar-refractivity contribution >= 4 is 11.9 Å². The van der Waals surface area contributed by atoms with Crippen molar-refractivity contribution in [2.24, 2.45) is 12.0 Å². The van der Waals surface area contributed by atoms with E-state index in [0.717, 1.165) is 17.7 Å². The predicted octanol–water partition coefficient (Wildman–Crippen LogP) is -0.239. The molecule has 0 unspecified atom stereocenters. The van der Waals surface area contributed by atoms with Gasteiger partial charge in [0.15, 0.2) is 5.96 Å². The van der Waals surface area contributed by atoms with Gasteiger partial charge in [0.2, 0.25) is 11.8 Å². The van der Waals surface area contributed by atoms with Gasteiger partial charge in [0.05, 0.1) is 38.1 Å². The Hall–Kier alpha value is -2.29. The van der Waals surface area contributed by atoms with Crippen LogP contribution in [0.25, 0.3) is 0 Å². The highest BCUT2D eigenvalue weighted by molar-refractivity contribution is 5.86. The zero-order valence-corrected chi connectivity index (χ0v) is 16.0. The number of amides is 1. The van der Waals surface area contributed by atoms with Gasteiger partial charge in [-0.2, -0.15) is 5.10 Å². The van der Waals surface area contributed by atoms with Gasteiger partial charge in [-0.25, -0.2) is 9.67 Å². The fraction of sp³-hybridized carbons (Fsp3) is 0.688. The molecule has 0 fully saturated rings. The summed E-state index contributed by atoms with van der Waals surface area (Å²) in [5.74, 6) is 1.20. The number of carbonyl (C=O) groups is 1. The number of aryl methyl sites for hydroxylation is 2. The van der Waals surface area contributed by atoms with Gasteiger partial charge in [0, 0.05) is 34.8 Å². The summed E-state index contributed by atoms with van der Waals surface area (Å²) in [6.07, 6.45) is 0.793. The maximum absolute atomic E-state index is 11.8. The summed E-state index contributed by atoms with van der Waals surface area (Å²) >= 11 is 0. The Labute approximate surface area is 149 Å². The first-order valence-corrected chi connectivity index (χ1v) is 8.24. The van der Waals surface area contributed by atoms with Gasteiger partial charge in [-0.1, -0.05) is 6.92 Å². The summed E-state index contributed by atoms with van der Waals surface area (Å²) in [5.41, 5.74) is 1.89. The van der Waals surface area contributed by atoms with Crippen LogP contribution in [0, 0.1) is 0 Å². The highest BCUT2D eigenvalue weighted by atomic mass is 16.5. The van der Waals surface area contributed by atoms with Gasteiger partial charge >= 0.3 is 0 Å². The number of aliphatic imine (C=N–C) groups is 1. The molecule has 0 aliphatic heterocycles. The van der Waals surface area contributed by atoms with E-state index in [0.29, 0.717) is 31.5 Å². The first kappa shape index (κ1) is 20.8. The Kier molecular flexibility index (Phi) is 8.76. The molecule has 142 valence electrons. The van der Waals surface area contributed by atoms with Crippen molar-refractivity contribution in [2.75, 3.05) is 48.0 Å². The highest BCUT2D eigenvalue weighted by Crippen LogP contribution is 2.22.